The van der Waals surface area contributed by atoms with Crippen molar-refractivity contribution in [1.82, 2.24) is 9.62 Å². The van der Waals surface area contributed by atoms with Crippen molar-refractivity contribution in [2.75, 3.05) is 13.1 Å². The fourth-order valence-electron chi connectivity index (χ4n) is 3.90. The lowest BCUT2D eigenvalue weighted by Gasteiger charge is -2.43. The predicted octanol–water partition coefficient (Wildman–Crippen LogP) is 3.75. The van der Waals surface area contributed by atoms with Crippen LogP contribution in [0.15, 0.2) is 18.2 Å². The van der Waals surface area contributed by atoms with Crippen LogP contribution in [0.2, 0.25) is 5.02 Å². The number of fused-ring (bicyclic) bond motifs is 1. The van der Waals surface area contributed by atoms with Gasteiger partial charge in [-0.15, -0.1) is 4.72 Å². The van der Waals surface area contributed by atoms with Gasteiger partial charge in [0, 0.05) is 34.9 Å². The van der Waals surface area contributed by atoms with Crippen LogP contribution in [0.25, 0.3) is 0 Å². The average Bonchev–Trinajstić information content (AvgIpc) is 2.79. The number of benzene rings is 1. The van der Waals surface area contributed by atoms with Crippen LogP contribution in [-0.4, -0.2) is 38.5 Å². The van der Waals surface area contributed by atoms with E-state index in [0.717, 1.165) is 24.8 Å². The zero-order valence-corrected chi connectivity index (χ0v) is 16.4. The van der Waals surface area contributed by atoms with Crippen molar-refractivity contribution < 1.29 is 14.5 Å². The van der Waals surface area contributed by atoms with Gasteiger partial charge < -0.3 is 14.6 Å². The molecule has 1 aliphatic heterocycles. The van der Waals surface area contributed by atoms with Crippen molar-refractivity contribution in [1.29, 1.82) is 0 Å². The minimum Gasteiger partial charge on any atom is -0.598 e. The summed E-state index contributed by atoms with van der Waals surface area (Å²) < 4.78 is 15.8. The summed E-state index contributed by atoms with van der Waals surface area (Å²) in [5.41, 5.74) is 2.21. The first-order chi connectivity index (χ1) is 11.6. The fraction of sp³-hybridized carbons (Fsp3) is 0.611. The number of carbonyl (C=O) groups is 1. The van der Waals surface area contributed by atoms with Gasteiger partial charge in [0.05, 0.1) is 6.04 Å². The molecule has 2 aliphatic rings. The third-order valence-electron chi connectivity index (χ3n) is 5.38. The van der Waals surface area contributed by atoms with E-state index in [1.54, 1.807) is 0 Å². The maximum absolute atomic E-state index is 12.8. The molecule has 1 aromatic carbocycles. The molecule has 0 saturated carbocycles. The highest BCUT2D eigenvalue weighted by Gasteiger charge is 2.50. The molecule has 0 unspecified atom stereocenters. The molecule has 5 nitrogen and oxygen atoms in total. The SMILES string of the molecule is CC(C)(C)[S@@+]([O-])N[C@H]1c2ccc(Cl)cc2CC12CCN(C(=O)O)CC2. The van der Waals surface area contributed by atoms with Crippen LogP contribution in [-0.2, 0) is 17.8 Å². The number of hydrogen-bond donors (Lipinski definition) is 2. The molecule has 1 spiro atoms. The Hall–Kier alpha value is -0.950. The molecule has 1 saturated heterocycles. The van der Waals surface area contributed by atoms with Gasteiger partial charge >= 0.3 is 6.09 Å². The van der Waals surface area contributed by atoms with E-state index in [-0.39, 0.29) is 16.2 Å². The first kappa shape index (κ1) is 18.8. The quantitative estimate of drug-likeness (QED) is 0.761. The summed E-state index contributed by atoms with van der Waals surface area (Å²) in [6.07, 6.45) is 1.49. The Morgan fingerprint density at radius 2 is 2.04 bits per heavy atom. The fourth-order valence-corrected chi connectivity index (χ4v) is 5.04. The molecule has 2 atom stereocenters. The minimum absolute atomic E-state index is 0.0456. The Kier molecular flexibility index (Phi) is 5.01. The molecule has 1 amide bonds. The van der Waals surface area contributed by atoms with E-state index in [9.17, 15) is 14.5 Å². The third-order valence-corrected chi connectivity index (χ3v) is 7.18. The largest absolute Gasteiger partial charge is 0.598 e. The molecule has 0 bridgehead atoms. The Bertz CT molecular complexity index is 669. The van der Waals surface area contributed by atoms with E-state index in [4.69, 9.17) is 11.6 Å². The summed E-state index contributed by atoms with van der Waals surface area (Å²) in [6.45, 7) is 6.88. The van der Waals surface area contributed by atoms with E-state index >= 15 is 0 Å². The van der Waals surface area contributed by atoms with Crippen molar-refractivity contribution in [2.45, 2.75) is 50.8 Å². The van der Waals surface area contributed by atoms with Gasteiger partial charge in [0.15, 0.2) is 0 Å². The van der Waals surface area contributed by atoms with Crippen molar-refractivity contribution in [3.05, 3.63) is 34.3 Å². The van der Waals surface area contributed by atoms with Crippen molar-refractivity contribution in [3.8, 4) is 0 Å². The van der Waals surface area contributed by atoms with E-state index in [1.165, 1.54) is 10.5 Å². The van der Waals surface area contributed by atoms with Gasteiger partial charge in [0.2, 0.25) is 0 Å². The number of hydrogen-bond acceptors (Lipinski definition) is 3. The van der Waals surface area contributed by atoms with Gasteiger partial charge in [0.1, 0.15) is 4.75 Å². The van der Waals surface area contributed by atoms with Gasteiger partial charge in [-0.05, 0) is 63.3 Å². The summed E-state index contributed by atoms with van der Waals surface area (Å²) in [5.74, 6) is 0. The molecule has 138 valence electrons. The number of rotatable bonds is 2. The number of carboxylic acid groups (broad SMARTS) is 1. The van der Waals surface area contributed by atoms with Crippen LogP contribution >= 0.6 is 11.6 Å². The number of nitrogens with zero attached hydrogens (tertiary/aromatic N) is 1. The lowest BCUT2D eigenvalue weighted by molar-refractivity contribution is 0.0764. The topological polar surface area (TPSA) is 75.6 Å². The number of likely N-dealkylation sites (tertiary alicyclic amines) is 1. The molecule has 1 aliphatic carbocycles. The Balaban J connectivity index is 1.90. The highest BCUT2D eigenvalue weighted by atomic mass is 35.5. The number of nitrogens with one attached hydrogen (secondary N) is 1. The zero-order valence-electron chi connectivity index (χ0n) is 14.8. The van der Waals surface area contributed by atoms with Crippen LogP contribution in [0.5, 0.6) is 0 Å². The molecule has 0 aromatic heterocycles. The molecule has 1 heterocycles. The molecule has 3 rings (SSSR count). The van der Waals surface area contributed by atoms with Crippen LogP contribution in [0.3, 0.4) is 0 Å². The molecular formula is C18H25ClN2O3S. The van der Waals surface area contributed by atoms with E-state index < -0.39 is 17.5 Å². The molecule has 1 aromatic rings. The molecule has 7 heteroatoms. The van der Waals surface area contributed by atoms with E-state index in [1.807, 2.05) is 39.0 Å². The highest BCUT2D eigenvalue weighted by Crippen LogP contribution is 2.53. The van der Waals surface area contributed by atoms with E-state index in [0.29, 0.717) is 18.1 Å². The molecule has 1 fully saturated rings. The molecule has 25 heavy (non-hydrogen) atoms. The van der Waals surface area contributed by atoms with Crippen molar-refractivity contribution in [2.24, 2.45) is 5.41 Å². The second-order valence-electron chi connectivity index (χ2n) is 8.08. The van der Waals surface area contributed by atoms with Gasteiger partial charge in [-0.25, -0.2) is 4.79 Å². The van der Waals surface area contributed by atoms with Crippen LogP contribution in [0.4, 0.5) is 4.79 Å². The lowest BCUT2D eigenvalue weighted by Crippen LogP contribution is -2.50. The van der Waals surface area contributed by atoms with Crippen molar-refractivity contribution >= 4 is 29.1 Å². The first-order valence-corrected chi connectivity index (χ1v) is 10.1. The number of amides is 1. The molecule has 0 radical (unpaired) electrons. The molecular weight excluding hydrogens is 360 g/mol. The first-order valence-electron chi connectivity index (χ1n) is 8.57. The van der Waals surface area contributed by atoms with Crippen LogP contribution < -0.4 is 4.72 Å². The summed E-state index contributed by atoms with van der Waals surface area (Å²) in [4.78, 5) is 12.7. The van der Waals surface area contributed by atoms with Crippen LogP contribution in [0, 0.1) is 5.41 Å². The predicted molar refractivity (Wildman–Crippen MR) is 100 cm³/mol. The summed E-state index contributed by atoms with van der Waals surface area (Å²) >= 11 is 4.98. The second-order valence-corrected chi connectivity index (χ2v) is 10.5. The second kappa shape index (κ2) is 6.65. The monoisotopic (exact) mass is 384 g/mol. The summed E-state index contributed by atoms with van der Waals surface area (Å²) in [5, 5.41) is 9.94. The van der Waals surface area contributed by atoms with Gasteiger partial charge in [-0.2, -0.15) is 0 Å². The van der Waals surface area contributed by atoms with E-state index in [2.05, 4.69) is 4.72 Å². The average molecular weight is 385 g/mol. The summed E-state index contributed by atoms with van der Waals surface area (Å²) in [6, 6.07) is 5.84. The lowest BCUT2D eigenvalue weighted by atomic mass is 9.73. The Morgan fingerprint density at radius 1 is 1.40 bits per heavy atom. The maximum atomic E-state index is 12.8. The maximum Gasteiger partial charge on any atom is 0.407 e. The minimum atomic E-state index is -1.20. The summed E-state index contributed by atoms with van der Waals surface area (Å²) in [7, 11) is 0. The highest BCUT2D eigenvalue weighted by molar-refractivity contribution is 7.90. The molecule has 2 N–H and O–H groups in total. The Labute approximate surface area is 157 Å². The van der Waals surface area contributed by atoms with Gasteiger partial charge in [0.25, 0.3) is 0 Å². The van der Waals surface area contributed by atoms with Gasteiger partial charge in [-0.1, -0.05) is 17.7 Å². The van der Waals surface area contributed by atoms with Crippen molar-refractivity contribution in [3.63, 3.8) is 0 Å². The third kappa shape index (κ3) is 3.63. The zero-order chi connectivity index (χ0) is 18.4. The number of piperidine rings is 1. The van der Waals surface area contributed by atoms with Crippen LogP contribution in [0.1, 0.15) is 50.8 Å². The smallest absolute Gasteiger partial charge is 0.407 e. The Morgan fingerprint density at radius 3 is 2.60 bits per heavy atom. The van der Waals surface area contributed by atoms with Gasteiger partial charge in [-0.3, -0.25) is 0 Å². The standard InChI is InChI=1S/C18H25ClN2O3S/c1-17(2,3)25(24)20-15-14-5-4-13(19)10-12(14)11-18(15)6-8-21(9-7-18)16(22)23/h4-5,10,15,20H,6-9,11H2,1-3H3,(H,22,23)/t15-,25+/m0/s1. The normalized spacial score (nSPS) is 23.6. The number of halogens is 1.